The van der Waals surface area contributed by atoms with Crippen LogP contribution < -0.4 is 0 Å². The quantitative estimate of drug-likeness (QED) is 0.703. The highest BCUT2D eigenvalue weighted by atomic mass is 35.5. The van der Waals surface area contributed by atoms with Gasteiger partial charge >= 0.3 is 5.97 Å². The molecule has 0 heterocycles. The highest BCUT2D eigenvalue weighted by Gasteiger charge is 2.12. The summed E-state index contributed by atoms with van der Waals surface area (Å²) in [4.78, 5) is 10.7. The van der Waals surface area contributed by atoms with Crippen molar-refractivity contribution in [2.24, 2.45) is 0 Å². The third-order valence-electron chi connectivity index (χ3n) is 1.57. The van der Waals surface area contributed by atoms with Gasteiger partial charge in [-0.3, -0.25) is 4.79 Å². The maximum absolute atomic E-state index is 10.7. The van der Waals surface area contributed by atoms with Crippen LogP contribution in [0.3, 0.4) is 0 Å². The number of hydrogen-bond donors (Lipinski definition) is 0. The third-order valence-corrected chi connectivity index (χ3v) is 1.83. The summed E-state index contributed by atoms with van der Waals surface area (Å²) in [6.45, 7) is 1.26. The molecule has 0 radical (unpaired) electrons. The highest BCUT2D eigenvalue weighted by molar-refractivity contribution is 6.30. The molecule has 0 aliphatic carbocycles. The van der Waals surface area contributed by atoms with Gasteiger partial charge in [0.05, 0.1) is 0 Å². The van der Waals surface area contributed by atoms with E-state index in [9.17, 15) is 4.79 Å². The van der Waals surface area contributed by atoms with Crippen LogP contribution in [-0.4, -0.2) is 5.97 Å². The number of esters is 1. The fourth-order valence-corrected chi connectivity index (χ4v) is 1.10. The number of hydrogen-bond acceptors (Lipinski definition) is 3. The zero-order chi connectivity index (χ0) is 10.6. The van der Waals surface area contributed by atoms with Crippen molar-refractivity contribution in [2.75, 3.05) is 0 Å². The van der Waals surface area contributed by atoms with Crippen LogP contribution in [0.15, 0.2) is 24.3 Å². The Hall–Kier alpha value is -1.53. The van der Waals surface area contributed by atoms with Crippen molar-refractivity contribution in [1.29, 1.82) is 5.26 Å². The Labute approximate surface area is 86.9 Å². The van der Waals surface area contributed by atoms with Gasteiger partial charge in [-0.15, -0.1) is 0 Å². The highest BCUT2D eigenvalue weighted by Crippen LogP contribution is 2.19. The fourth-order valence-electron chi connectivity index (χ4n) is 0.972. The summed E-state index contributed by atoms with van der Waals surface area (Å²) in [5.74, 6) is -0.480. The molecule has 3 nitrogen and oxygen atoms in total. The van der Waals surface area contributed by atoms with Crippen molar-refractivity contribution in [2.45, 2.75) is 13.0 Å². The van der Waals surface area contributed by atoms with Gasteiger partial charge in [-0.2, -0.15) is 5.26 Å². The van der Waals surface area contributed by atoms with E-state index in [4.69, 9.17) is 21.6 Å². The number of rotatable bonds is 2. The van der Waals surface area contributed by atoms with Crippen LogP contribution >= 0.6 is 11.6 Å². The number of ether oxygens (including phenoxy) is 1. The van der Waals surface area contributed by atoms with Gasteiger partial charge in [0.15, 0.2) is 0 Å². The van der Waals surface area contributed by atoms with Crippen molar-refractivity contribution >= 4 is 17.6 Å². The Morgan fingerprint density at radius 1 is 1.50 bits per heavy atom. The van der Waals surface area contributed by atoms with Gasteiger partial charge in [-0.25, -0.2) is 0 Å². The second-order valence-electron chi connectivity index (χ2n) is 2.67. The SMILES string of the molecule is CC(=O)O[C@@H](C#N)c1ccc(Cl)cc1. The van der Waals surface area contributed by atoms with Crippen LogP contribution in [0, 0.1) is 11.3 Å². The smallest absolute Gasteiger partial charge is 0.304 e. The van der Waals surface area contributed by atoms with E-state index in [1.54, 1.807) is 24.3 Å². The minimum Gasteiger partial charge on any atom is -0.442 e. The Balaban J connectivity index is 2.85. The summed E-state index contributed by atoms with van der Waals surface area (Å²) in [5.41, 5.74) is 0.618. The van der Waals surface area contributed by atoms with E-state index in [0.29, 0.717) is 10.6 Å². The maximum Gasteiger partial charge on any atom is 0.304 e. The lowest BCUT2D eigenvalue weighted by Crippen LogP contribution is -2.06. The summed E-state index contributed by atoms with van der Waals surface area (Å²) in [6, 6.07) is 8.47. The van der Waals surface area contributed by atoms with Crippen molar-refractivity contribution in [1.82, 2.24) is 0 Å². The molecule has 1 aromatic rings. The van der Waals surface area contributed by atoms with Crippen LogP contribution in [0.5, 0.6) is 0 Å². The summed E-state index contributed by atoms with van der Waals surface area (Å²) in [5, 5.41) is 9.31. The molecule has 0 spiro atoms. The first-order valence-corrected chi connectivity index (χ1v) is 4.33. The normalized spacial score (nSPS) is 11.5. The zero-order valence-electron chi connectivity index (χ0n) is 7.53. The molecule has 0 amide bonds. The van der Waals surface area contributed by atoms with E-state index in [1.807, 2.05) is 6.07 Å². The van der Waals surface area contributed by atoms with Crippen LogP contribution in [-0.2, 0) is 9.53 Å². The Morgan fingerprint density at radius 3 is 2.50 bits per heavy atom. The van der Waals surface area contributed by atoms with Crippen LogP contribution in [0.2, 0.25) is 5.02 Å². The molecule has 1 rings (SSSR count). The first-order chi connectivity index (χ1) is 6.63. The molecule has 14 heavy (non-hydrogen) atoms. The van der Waals surface area contributed by atoms with Crippen molar-refractivity contribution in [3.05, 3.63) is 34.9 Å². The summed E-state index contributed by atoms with van der Waals surface area (Å²) in [7, 11) is 0. The predicted molar refractivity (Wildman–Crippen MR) is 51.6 cm³/mol. The van der Waals surface area contributed by atoms with E-state index >= 15 is 0 Å². The lowest BCUT2D eigenvalue weighted by Gasteiger charge is -2.08. The summed E-state index contributed by atoms with van der Waals surface area (Å²) < 4.78 is 4.78. The molecule has 4 heteroatoms. The molecule has 0 N–H and O–H groups in total. The average Bonchev–Trinajstić information content (AvgIpc) is 2.15. The second kappa shape index (κ2) is 4.64. The van der Waals surface area contributed by atoms with E-state index < -0.39 is 12.1 Å². The molecule has 1 atom stereocenters. The largest absolute Gasteiger partial charge is 0.442 e. The van der Waals surface area contributed by atoms with Gasteiger partial charge in [-0.1, -0.05) is 23.7 Å². The van der Waals surface area contributed by atoms with Gasteiger partial charge in [0.1, 0.15) is 6.07 Å². The lowest BCUT2D eigenvalue weighted by atomic mass is 10.1. The fraction of sp³-hybridized carbons (Fsp3) is 0.200. The predicted octanol–water partition coefficient (Wildman–Crippen LogP) is 2.47. The zero-order valence-corrected chi connectivity index (χ0v) is 8.28. The first kappa shape index (κ1) is 10.6. The van der Waals surface area contributed by atoms with E-state index in [-0.39, 0.29) is 0 Å². The summed E-state index contributed by atoms with van der Waals surface area (Å²) >= 11 is 5.67. The van der Waals surface area contributed by atoms with Gasteiger partial charge in [0.2, 0.25) is 6.10 Å². The number of carbonyl (C=O) groups is 1. The van der Waals surface area contributed by atoms with Crippen LogP contribution in [0.1, 0.15) is 18.6 Å². The van der Waals surface area contributed by atoms with E-state index in [0.717, 1.165) is 0 Å². The van der Waals surface area contributed by atoms with Crippen molar-refractivity contribution < 1.29 is 9.53 Å². The Morgan fingerprint density at radius 2 is 2.07 bits per heavy atom. The van der Waals surface area contributed by atoms with Crippen LogP contribution in [0.4, 0.5) is 0 Å². The third kappa shape index (κ3) is 2.75. The Kier molecular flexibility index (Phi) is 3.49. The molecule has 0 saturated carbocycles. The Bertz CT molecular complexity index is 367. The lowest BCUT2D eigenvalue weighted by molar-refractivity contribution is -0.144. The first-order valence-electron chi connectivity index (χ1n) is 3.96. The van der Waals surface area contributed by atoms with Crippen LogP contribution in [0.25, 0.3) is 0 Å². The van der Waals surface area contributed by atoms with Crippen molar-refractivity contribution in [3.8, 4) is 6.07 Å². The number of benzene rings is 1. The van der Waals surface area contributed by atoms with E-state index in [1.165, 1.54) is 6.92 Å². The standard InChI is InChI=1S/C10H8ClNO2/c1-7(13)14-10(6-12)8-2-4-9(11)5-3-8/h2-5,10H,1H3/t10-/m0/s1. The topological polar surface area (TPSA) is 50.1 Å². The maximum atomic E-state index is 10.7. The molecule has 0 aromatic heterocycles. The van der Waals surface area contributed by atoms with E-state index in [2.05, 4.69) is 0 Å². The minimum atomic E-state index is -0.857. The van der Waals surface area contributed by atoms with Gasteiger partial charge in [0, 0.05) is 17.5 Å². The number of halogens is 1. The monoisotopic (exact) mass is 209 g/mol. The molecule has 72 valence electrons. The molecular weight excluding hydrogens is 202 g/mol. The van der Waals surface area contributed by atoms with Gasteiger partial charge in [-0.05, 0) is 12.1 Å². The molecule has 0 saturated heterocycles. The number of carbonyl (C=O) groups excluding carboxylic acids is 1. The number of nitrogens with zero attached hydrogens (tertiary/aromatic N) is 1. The average molecular weight is 210 g/mol. The van der Waals surface area contributed by atoms with Gasteiger partial charge in [0.25, 0.3) is 0 Å². The minimum absolute atomic E-state index is 0.480. The molecule has 0 aliphatic heterocycles. The second-order valence-corrected chi connectivity index (χ2v) is 3.11. The molecule has 0 bridgehead atoms. The summed E-state index contributed by atoms with van der Waals surface area (Å²) in [6.07, 6.45) is -0.857. The van der Waals surface area contributed by atoms with Gasteiger partial charge < -0.3 is 4.74 Å². The molecule has 0 fully saturated rings. The van der Waals surface area contributed by atoms with Crippen molar-refractivity contribution in [3.63, 3.8) is 0 Å². The molecule has 1 aromatic carbocycles. The molecular formula is C10H8ClNO2. The number of nitriles is 1. The molecule has 0 aliphatic rings. The molecule has 0 unspecified atom stereocenters.